The van der Waals surface area contributed by atoms with E-state index in [-0.39, 0.29) is 11.7 Å². The number of amides is 1. The van der Waals surface area contributed by atoms with Gasteiger partial charge in [0.05, 0.1) is 6.21 Å². The highest BCUT2D eigenvalue weighted by Crippen LogP contribution is 2.07. The number of nitrogens with one attached hydrogen (secondary N) is 3. The Kier molecular flexibility index (Phi) is 6.35. The molecule has 1 aliphatic heterocycles. The van der Waals surface area contributed by atoms with Crippen LogP contribution in [-0.4, -0.2) is 50.0 Å². The Bertz CT molecular complexity index is 723. The summed E-state index contributed by atoms with van der Waals surface area (Å²) in [6.07, 6.45) is 1.58. The first-order valence-electron chi connectivity index (χ1n) is 9.01. The van der Waals surface area contributed by atoms with Crippen molar-refractivity contribution in [2.24, 2.45) is 5.10 Å². The van der Waals surface area contributed by atoms with Gasteiger partial charge in [0, 0.05) is 5.56 Å². The molecule has 0 spiro atoms. The van der Waals surface area contributed by atoms with Crippen molar-refractivity contribution in [3.8, 4) is 5.75 Å². The minimum Gasteiger partial charge on any atom is -0.508 e. The number of rotatable bonds is 6. The Labute approximate surface area is 153 Å². The van der Waals surface area contributed by atoms with E-state index in [0.29, 0.717) is 6.54 Å². The van der Waals surface area contributed by atoms with Crippen molar-refractivity contribution in [1.82, 2.24) is 5.43 Å². The minimum atomic E-state index is -0.0680. The molecule has 1 saturated heterocycles. The quantitative estimate of drug-likeness (QED) is 0.390. The van der Waals surface area contributed by atoms with E-state index < -0.39 is 0 Å². The molecule has 0 saturated carbocycles. The van der Waals surface area contributed by atoms with Crippen LogP contribution in [0.5, 0.6) is 5.75 Å². The van der Waals surface area contributed by atoms with Crippen LogP contribution in [0.25, 0.3) is 0 Å². The number of hydrogen-bond donors (Lipinski definition) is 4. The highest BCUT2D eigenvalue weighted by Gasteiger charge is 2.24. The Hall–Kier alpha value is -2.70. The fraction of sp³-hybridized carbons (Fsp3) is 0.300. The molecule has 6 heteroatoms. The highest BCUT2D eigenvalue weighted by atomic mass is 16.3. The fourth-order valence-electron chi connectivity index (χ4n) is 3.20. The smallest absolute Gasteiger partial charge is 0.295 e. The van der Waals surface area contributed by atoms with E-state index in [1.165, 1.54) is 10.5 Å². The number of hydrazone groups is 1. The zero-order valence-electron chi connectivity index (χ0n) is 14.8. The average Bonchev–Trinajstić information content (AvgIpc) is 2.66. The summed E-state index contributed by atoms with van der Waals surface area (Å²) >= 11 is 0. The topological polar surface area (TPSA) is 70.6 Å². The third-order valence-electron chi connectivity index (χ3n) is 4.67. The average molecular weight is 354 g/mol. The van der Waals surface area contributed by atoms with Crippen LogP contribution in [-0.2, 0) is 11.3 Å². The number of benzene rings is 2. The molecule has 26 heavy (non-hydrogen) atoms. The van der Waals surface area contributed by atoms with Gasteiger partial charge in [-0.15, -0.1) is 0 Å². The normalized spacial score (nSPS) is 20.2. The molecule has 6 nitrogen and oxygen atoms in total. The van der Waals surface area contributed by atoms with Crippen LogP contribution in [0.2, 0.25) is 0 Å². The zero-order chi connectivity index (χ0) is 18.2. The first kappa shape index (κ1) is 18.1. The molecule has 4 N–H and O–H groups in total. The summed E-state index contributed by atoms with van der Waals surface area (Å²) in [4.78, 5) is 14.9. The van der Waals surface area contributed by atoms with Gasteiger partial charge >= 0.3 is 0 Å². The van der Waals surface area contributed by atoms with Gasteiger partial charge in [0.15, 0.2) is 6.54 Å². The molecular weight excluding hydrogens is 328 g/mol. The number of piperazine rings is 1. The lowest BCUT2D eigenvalue weighted by molar-refractivity contribution is -1.02. The maximum Gasteiger partial charge on any atom is 0.295 e. The van der Waals surface area contributed by atoms with Gasteiger partial charge in [-0.2, -0.15) is 5.10 Å². The number of carbonyl (C=O) groups excluding carboxylic acids is 1. The van der Waals surface area contributed by atoms with Crippen LogP contribution in [0, 0.1) is 0 Å². The van der Waals surface area contributed by atoms with Crippen molar-refractivity contribution in [3.63, 3.8) is 0 Å². The number of hydrogen-bond acceptors (Lipinski definition) is 3. The minimum absolute atomic E-state index is 0.0680. The molecule has 0 unspecified atom stereocenters. The lowest BCUT2D eigenvalue weighted by Crippen LogP contribution is -3.28. The molecule has 2 aromatic rings. The first-order valence-corrected chi connectivity index (χ1v) is 9.01. The number of quaternary nitrogens is 2. The van der Waals surface area contributed by atoms with E-state index in [2.05, 4.69) is 34.8 Å². The number of phenolic OH excluding ortho intramolecular Hbond substituents is 1. The van der Waals surface area contributed by atoms with Crippen LogP contribution < -0.4 is 15.2 Å². The van der Waals surface area contributed by atoms with Gasteiger partial charge < -0.3 is 14.9 Å². The standard InChI is InChI=1S/C20H24N4O2/c25-19-8-6-17(7-9-19)14-21-22-20(26)16-24-12-10-23(11-13-24)15-18-4-2-1-3-5-18/h1-9,14,25H,10-13,15-16H2,(H,22,26)/p+2/b21-14+. The van der Waals surface area contributed by atoms with E-state index >= 15 is 0 Å². The molecule has 0 aliphatic carbocycles. The lowest BCUT2D eigenvalue weighted by Gasteiger charge is -2.29. The van der Waals surface area contributed by atoms with Crippen molar-refractivity contribution in [1.29, 1.82) is 0 Å². The van der Waals surface area contributed by atoms with Gasteiger partial charge in [-0.3, -0.25) is 4.79 Å². The Morgan fingerprint density at radius 1 is 1.00 bits per heavy atom. The molecule has 1 amide bonds. The van der Waals surface area contributed by atoms with Crippen molar-refractivity contribution in [3.05, 3.63) is 65.7 Å². The molecule has 1 fully saturated rings. The first-order chi connectivity index (χ1) is 12.7. The van der Waals surface area contributed by atoms with Gasteiger partial charge in [0.25, 0.3) is 5.91 Å². The molecule has 2 aromatic carbocycles. The number of aromatic hydroxyl groups is 1. The molecule has 0 radical (unpaired) electrons. The summed E-state index contributed by atoms with van der Waals surface area (Å²) in [6, 6.07) is 17.2. The molecular formula is C20H26N4O2+2. The third-order valence-corrected chi connectivity index (χ3v) is 4.67. The summed E-state index contributed by atoms with van der Waals surface area (Å²) in [5.74, 6) is 0.143. The van der Waals surface area contributed by atoms with Gasteiger partial charge in [-0.05, 0) is 29.8 Å². The Morgan fingerprint density at radius 2 is 1.65 bits per heavy atom. The van der Waals surface area contributed by atoms with Gasteiger partial charge in [-0.25, -0.2) is 5.43 Å². The second-order valence-corrected chi connectivity index (χ2v) is 6.72. The fourth-order valence-corrected chi connectivity index (χ4v) is 3.20. The number of nitrogens with zero attached hydrogens (tertiary/aromatic N) is 1. The van der Waals surface area contributed by atoms with Crippen LogP contribution in [0.3, 0.4) is 0 Å². The van der Waals surface area contributed by atoms with Gasteiger partial charge in [0.2, 0.25) is 0 Å². The van der Waals surface area contributed by atoms with Gasteiger partial charge in [-0.1, -0.05) is 30.3 Å². The van der Waals surface area contributed by atoms with Crippen LogP contribution in [0.4, 0.5) is 0 Å². The van der Waals surface area contributed by atoms with Crippen molar-refractivity contribution < 1.29 is 19.7 Å². The second-order valence-electron chi connectivity index (χ2n) is 6.72. The molecule has 3 rings (SSSR count). The molecule has 0 aromatic heterocycles. The molecule has 136 valence electrons. The van der Waals surface area contributed by atoms with E-state index in [1.807, 2.05) is 6.07 Å². The monoisotopic (exact) mass is 354 g/mol. The van der Waals surface area contributed by atoms with Crippen molar-refractivity contribution in [2.45, 2.75) is 6.54 Å². The summed E-state index contributed by atoms with van der Waals surface area (Å²) in [7, 11) is 0. The molecule has 1 heterocycles. The highest BCUT2D eigenvalue weighted by molar-refractivity contribution is 5.82. The van der Waals surface area contributed by atoms with E-state index in [4.69, 9.17) is 0 Å². The zero-order valence-corrected chi connectivity index (χ0v) is 14.8. The van der Waals surface area contributed by atoms with Crippen LogP contribution >= 0.6 is 0 Å². The van der Waals surface area contributed by atoms with E-state index in [1.54, 1.807) is 35.4 Å². The maximum absolute atomic E-state index is 12.0. The molecule has 1 aliphatic rings. The summed E-state index contributed by atoms with van der Waals surface area (Å²) in [5.41, 5.74) is 4.78. The lowest BCUT2D eigenvalue weighted by atomic mass is 10.2. The van der Waals surface area contributed by atoms with E-state index in [9.17, 15) is 9.90 Å². The SMILES string of the molecule is O=C(C[NH+]1CC[NH+](Cc2ccccc2)CC1)N/N=C/c1ccc(O)cc1. The molecule has 0 bridgehead atoms. The predicted molar refractivity (Wildman–Crippen MR) is 100 cm³/mol. The Morgan fingerprint density at radius 3 is 2.35 bits per heavy atom. The number of carbonyl (C=O) groups is 1. The van der Waals surface area contributed by atoms with Crippen LogP contribution in [0.1, 0.15) is 11.1 Å². The van der Waals surface area contributed by atoms with Crippen molar-refractivity contribution >= 4 is 12.1 Å². The Balaban J connectivity index is 1.37. The summed E-state index contributed by atoms with van der Waals surface area (Å²) in [5, 5.41) is 13.2. The van der Waals surface area contributed by atoms with Crippen LogP contribution in [0.15, 0.2) is 59.7 Å². The van der Waals surface area contributed by atoms with E-state index in [0.717, 1.165) is 38.3 Å². The summed E-state index contributed by atoms with van der Waals surface area (Å²) < 4.78 is 0. The third kappa shape index (κ3) is 5.68. The van der Waals surface area contributed by atoms with Crippen molar-refractivity contribution in [2.75, 3.05) is 32.7 Å². The number of phenols is 1. The predicted octanol–water partition coefficient (Wildman–Crippen LogP) is -1.17. The van der Waals surface area contributed by atoms with Gasteiger partial charge in [0.1, 0.15) is 38.5 Å². The summed E-state index contributed by atoms with van der Waals surface area (Å²) in [6.45, 7) is 5.65. The maximum atomic E-state index is 12.0. The molecule has 0 atom stereocenters. The largest absolute Gasteiger partial charge is 0.508 e. The second kappa shape index (κ2) is 9.12.